The number of aliphatic hydroxyl groups is 1. The van der Waals surface area contributed by atoms with E-state index in [0.717, 1.165) is 11.1 Å². The SMILES string of the molecule is COc1ccc(/C(O)=C2/C(=O)C(=O)N(c3cc(C)ccc3O)C2c2ccccc2)cc1C(C)(C)C. The van der Waals surface area contributed by atoms with Gasteiger partial charge in [0.15, 0.2) is 0 Å². The lowest BCUT2D eigenvalue weighted by Gasteiger charge is -2.26. The van der Waals surface area contributed by atoms with Gasteiger partial charge in [0.05, 0.1) is 24.4 Å². The van der Waals surface area contributed by atoms with Gasteiger partial charge in [-0.1, -0.05) is 57.2 Å². The van der Waals surface area contributed by atoms with Crippen LogP contribution >= 0.6 is 0 Å². The molecule has 0 radical (unpaired) electrons. The number of rotatable bonds is 4. The molecule has 1 aliphatic heterocycles. The lowest BCUT2D eigenvalue weighted by Crippen LogP contribution is -2.29. The van der Waals surface area contributed by atoms with Crippen molar-refractivity contribution in [3.63, 3.8) is 0 Å². The summed E-state index contributed by atoms with van der Waals surface area (Å²) in [5, 5.41) is 22.1. The maximum Gasteiger partial charge on any atom is 0.300 e. The second-order valence-corrected chi connectivity index (χ2v) is 9.74. The molecule has 1 heterocycles. The number of hydrogen-bond acceptors (Lipinski definition) is 5. The normalized spacial score (nSPS) is 17.6. The molecule has 1 atom stereocenters. The Kier molecular flexibility index (Phi) is 6.15. The van der Waals surface area contributed by atoms with E-state index in [-0.39, 0.29) is 28.2 Å². The molecule has 4 rings (SSSR count). The summed E-state index contributed by atoms with van der Waals surface area (Å²) >= 11 is 0. The number of aromatic hydroxyl groups is 1. The Morgan fingerprint density at radius 2 is 1.66 bits per heavy atom. The van der Waals surface area contributed by atoms with E-state index in [9.17, 15) is 19.8 Å². The fourth-order valence-electron chi connectivity index (χ4n) is 4.46. The molecule has 1 fully saturated rings. The van der Waals surface area contributed by atoms with E-state index in [1.165, 1.54) is 11.0 Å². The largest absolute Gasteiger partial charge is 0.507 e. The summed E-state index contributed by atoms with van der Waals surface area (Å²) < 4.78 is 5.51. The van der Waals surface area contributed by atoms with Crippen LogP contribution in [0.25, 0.3) is 5.76 Å². The molecule has 1 unspecified atom stereocenters. The minimum Gasteiger partial charge on any atom is -0.507 e. The Morgan fingerprint density at radius 3 is 2.29 bits per heavy atom. The molecule has 6 heteroatoms. The number of ether oxygens (including phenoxy) is 1. The van der Waals surface area contributed by atoms with Gasteiger partial charge in [0.1, 0.15) is 17.3 Å². The van der Waals surface area contributed by atoms with Gasteiger partial charge >= 0.3 is 0 Å². The first-order chi connectivity index (χ1) is 16.5. The molecule has 0 bridgehead atoms. The number of phenolic OH excluding ortho intramolecular Hbond substituents is 1. The van der Waals surface area contributed by atoms with E-state index < -0.39 is 17.7 Å². The maximum absolute atomic E-state index is 13.4. The van der Waals surface area contributed by atoms with Crippen molar-refractivity contribution in [2.24, 2.45) is 0 Å². The molecule has 0 aromatic heterocycles. The van der Waals surface area contributed by atoms with Crippen LogP contribution in [0.5, 0.6) is 11.5 Å². The Labute approximate surface area is 205 Å². The highest BCUT2D eigenvalue weighted by Gasteiger charge is 2.47. The topological polar surface area (TPSA) is 87.1 Å². The fraction of sp³-hybridized carbons (Fsp3) is 0.241. The average molecular weight is 472 g/mol. The van der Waals surface area contributed by atoms with E-state index in [4.69, 9.17) is 4.74 Å². The Hall–Kier alpha value is -4.06. The number of carbonyl (C=O) groups excluding carboxylic acids is 2. The number of carbonyl (C=O) groups is 2. The predicted octanol–water partition coefficient (Wildman–Crippen LogP) is 5.63. The fourth-order valence-corrected chi connectivity index (χ4v) is 4.46. The summed E-state index contributed by atoms with van der Waals surface area (Å²) in [5.41, 5.74) is 2.60. The van der Waals surface area contributed by atoms with Crippen LogP contribution in [0.4, 0.5) is 5.69 Å². The number of aliphatic hydroxyl groups excluding tert-OH is 1. The van der Waals surface area contributed by atoms with E-state index in [2.05, 4.69) is 0 Å². The van der Waals surface area contributed by atoms with Crippen LogP contribution in [-0.4, -0.2) is 29.0 Å². The van der Waals surface area contributed by atoms with Gasteiger partial charge in [-0.2, -0.15) is 0 Å². The smallest absolute Gasteiger partial charge is 0.300 e. The van der Waals surface area contributed by atoms with Crippen LogP contribution in [0.15, 0.2) is 72.3 Å². The molecule has 2 N–H and O–H groups in total. The molecule has 3 aromatic rings. The van der Waals surface area contributed by atoms with E-state index in [0.29, 0.717) is 16.9 Å². The number of aryl methyl sites for hydroxylation is 1. The van der Waals surface area contributed by atoms with Crippen molar-refractivity contribution in [2.75, 3.05) is 12.0 Å². The molecule has 180 valence electrons. The number of methoxy groups -OCH3 is 1. The minimum absolute atomic E-state index is 0.0351. The van der Waals surface area contributed by atoms with Gasteiger partial charge < -0.3 is 14.9 Å². The van der Waals surface area contributed by atoms with E-state index in [1.54, 1.807) is 61.7 Å². The lowest BCUT2D eigenvalue weighted by molar-refractivity contribution is -0.132. The number of anilines is 1. The molecule has 1 saturated heterocycles. The van der Waals surface area contributed by atoms with Gasteiger partial charge in [-0.05, 0) is 53.8 Å². The number of benzene rings is 3. The number of phenols is 1. The first-order valence-electron chi connectivity index (χ1n) is 11.4. The van der Waals surface area contributed by atoms with E-state index in [1.807, 2.05) is 33.8 Å². The lowest BCUT2D eigenvalue weighted by atomic mass is 9.84. The summed E-state index contributed by atoms with van der Waals surface area (Å²) in [6.45, 7) is 7.91. The second-order valence-electron chi connectivity index (χ2n) is 9.74. The molecule has 35 heavy (non-hydrogen) atoms. The van der Waals surface area contributed by atoms with Crippen LogP contribution in [0, 0.1) is 6.92 Å². The van der Waals surface area contributed by atoms with Gasteiger partial charge in [0.25, 0.3) is 11.7 Å². The molecule has 3 aromatic carbocycles. The molecule has 1 amide bonds. The molecular weight excluding hydrogens is 442 g/mol. The number of ketones is 1. The van der Waals surface area contributed by atoms with Crippen molar-refractivity contribution >= 4 is 23.1 Å². The highest BCUT2D eigenvalue weighted by molar-refractivity contribution is 6.51. The van der Waals surface area contributed by atoms with Crippen molar-refractivity contribution in [2.45, 2.75) is 39.2 Å². The van der Waals surface area contributed by atoms with Gasteiger partial charge in [-0.15, -0.1) is 0 Å². The standard InChI is InChI=1S/C29H29NO5/c1-17-11-13-22(31)21(15-17)30-25(18-9-7-6-8-10-18)24(27(33)28(30)34)26(32)19-12-14-23(35-5)20(16-19)29(2,3)4/h6-16,25,31-32H,1-5H3/b26-24-. The summed E-state index contributed by atoms with van der Waals surface area (Å²) in [6.07, 6.45) is 0. The highest BCUT2D eigenvalue weighted by atomic mass is 16.5. The molecule has 0 aliphatic carbocycles. The number of hydrogen-bond donors (Lipinski definition) is 2. The highest BCUT2D eigenvalue weighted by Crippen LogP contribution is 2.45. The monoisotopic (exact) mass is 471 g/mol. The summed E-state index contributed by atoms with van der Waals surface area (Å²) in [7, 11) is 1.58. The van der Waals surface area contributed by atoms with Crippen molar-refractivity contribution in [1.82, 2.24) is 0 Å². The zero-order valence-electron chi connectivity index (χ0n) is 20.5. The quantitative estimate of drug-likeness (QED) is 0.292. The third kappa shape index (κ3) is 4.28. The van der Waals surface area contributed by atoms with Crippen LogP contribution in [0.1, 0.15) is 49.1 Å². The Morgan fingerprint density at radius 1 is 0.971 bits per heavy atom. The van der Waals surface area contributed by atoms with E-state index >= 15 is 0 Å². The van der Waals surface area contributed by atoms with Gasteiger partial charge in [0.2, 0.25) is 0 Å². The van der Waals surface area contributed by atoms with Gasteiger partial charge in [-0.3, -0.25) is 14.5 Å². The van der Waals surface area contributed by atoms with Crippen LogP contribution < -0.4 is 9.64 Å². The Balaban J connectivity index is 1.98. The minimum atomic E-state index is -0.913. The van der Waals surface area contributed by atoms with Crippen LogP contribution in [0.3, 0.4) is 0 Å². The number of Topliss-reactive ketones (excluding diaryl/α,β-unsaturated/α-hetero) is 1. The zero-order valence-corrected chi connectivity index (χ0v) is 20.5. The predicted molar refractivity (Wildman–Crippen MR) is 136 cm³/mol. The zero-order chi connectivity index (χ0) is 25.5. The van der Waals surface area contributed by atoms with Crippen LogP contribution in [-0.2, 0) is 15.0 Å². The molecule has 1 aliphatic rings. The summed E-state index contributed by atoms with van der Waals surface area (Å²) in [5.74, 6) is -1.37. The third-order valence-corrected chi connectivity index (χ3v) is 6.23. The van der Waals surface area contributed by atoms with Crippen molar-refractivity contribution < 1.29 is 24.5 Å². The molecule has 0 saturated carbocycles. The number of nitrogens with zero attached hydrogens (tertiary/aromatic N) is 1. The van der Waals surface area contributed by atoms with Crippen LogP contribution in [0.2, 0.25) is 0 Å². The third-order valence-electron chi connectivity index (χ3n) is 6.23. The second kappa shape index (κ2) is 8.95. The first-order valence-corrected chi connectivity index (χ1v) is 11.4. The molecule has 0 spiro atoms. The van der Waals surface area contributed by atoms with Gasteiger partial charge in [0, 0.05) is 11.1 Å². The van der Waals surface area contributed by atoms with Crippen molar-refractivity contribution in [1.29, 1.82) is 0 Å². The van der Waals surface area contributed by atoms with Crippen molar-refractivity contribution in [3.8, 4) is 11.5 Å². The first kappa shape index (κ1) is 24.1. The number of amides is 1. The average Bonchev–Trinajstić information content (AvgIpc) is 3.10. The van der Waals surface area contributed by atoms with Crippen molar-refractivity contribution in [3.05, 3.63) is 94.6 Å². The van der Waals surface area contributed by atoms with Gasteiger partial charge in [-0.25, -0.2) is 0 Å². The summed E-state index contributed by atoms with van der Waals surface area (Å²) in [4.78, 5) is 28.0. The summed E-state index contributed by atoms with van der Waals surface area (Å²) in [6, 6.07) is 18.2. The maximum atomic E-state index is 13.4. The molecular formula is C29H29NO5. The Bertz CT molecular complexity index is 1330. The molecule has 6 nitrogen and oxygen atoms in total.